The van der Waals surface area contributed by atoms with Crippen molar-refractivity contribution in [2.75, 3.05) is 37.1 Å². The molecule has 7 heteroatoms. The van der Waals surface area contributed by atoms with Gasteiger partial charge in [-0.1, -0.05) is 12.1 Å². The maximum Gasteiger partial charge on any atom is 0.269 e. The Bertz CT molecular complexity index is 966. The van der Waals surface area contributed by atoms with Crippen LogP contribution in [0.2, 0.25) is 0 Å². The molecule has 154 valence electrons. The van der Waals surface area contributed by atoms with Gasteiger partial charge < -0.3 is 19.3 Å². The molecule has 0 bridgehead atoms. The molecule has 0 aromatic heterocycles. The molecule has 3 aromatic rings. The number of methoxy groups -OCH3 is 2. The quantitative estimate of drug-likeness (QED) is 0.440. The van der Waals surface area contributed by atoms with Crippen LogP contribution in [0.1, 0.15) is 11.7 Å². The van der Waals surface area contributed by atoms with E-state index in [1.54, 1.807) is 26.4 Å². The van der Waals surface area contributed by atoms with Crippen LogP contribution in [0.25, 0.3) is 0 Å². The lowest BCUT2D eigenvalue weighted by Crippen LogP contribution is -2.31. The molecule has 1 aliphatic heterocycles. The Hall–Kier alpha value is -3.74. The zero-order valence-corrected chi connectivity index (χ0v) is 16.9. The number of rotatable bonds is 6. The molecule has 0 radical (unpaired) electrons. The van der Waals surface area contributed by atoms with Gasteiger partial charge in [0.25, 0.3) is 5.69 Å². The zero-order valence-electron chi connectivity index (χ0n) is 16.9. The summed E-state index contributed by atoms with van der Waals surface area (Å²) in [4.78, 5) is 15.5. The third-order valence-electron chi connectivity index (χ3n) is 5.36. The van der Waals surface area contributed by atoms with Gasteiger partial charge >= 0.3 is 0 Å². The van der Waals surface area contributed by atoms with Crippen molar-refractivity contribution in [3.63, 3.8) is 0 Å². The molecule has 0 aliphatic carbocycles. The molecule has 1 aliphatic rings. The highest BCUT2D eigenvalue weighted by Crippen LogP contribution is 2.39. The SMILES string of the molecule is COc1ccc(N2CCN(c3ccc(OC)cc3)C2c2cccc([N+](=O)[O-])c2)cc1. The Morgan fingerprint density at radius 1 is 0.833 bits per heavy atom. The zero-order chi connectivity index (χ0) is 21.1. The van der Waals surface area contributed by atoms with Gasteiger partial charge in [0, 0.05) is 42.2 Å². The first-order chi connectivity index (χ1) is 14.6. The number of nitrogens with zero attached hydrogens (tertiary/aromatic N) is 3. The highest BCUT2D eigenvalue weighted by Gasteiger charge is 2.34. The van der Waals surface area contributed by atoms with Gasteiger partial charge in [0.15, 0.2) is 0 Å². The van der Waals surface area contributed by atoms with E-state index in [9.17, 15) is 10.1 Å². The average molecular weight is 405 g/mol. The summed E-state index contributed by atoms with van der Waals surface area (Å²) in [5.41, 5.74) is 3.02. The minimum absolute atomic E-state index is 0.0868. The second-order valence-electron chi connectivity index (χ2n) is 7.01. The summed E-state index contributed by atoms with van der Waals surface area (Å²) in [5, 5.41) is 11.4. The van der Waals surface area contributed by atoms with Crippen molar-refractivity contribution in [1.82, 2.24) is 0 Å². The van der Waals surface area contributed by atoms with E-state index in [1.807, 2.05) is 54.6 Å². The van der Waals surface area contributed by atoms with Crippen LogP contribution in [0.5, 0.6) is 11.5 Å². The normalized spacial score (nSPS) is 14.1. The molecular formula is C23H23N3O4. The van der Waals surface area contributed by atoms with Crippen molar-refractivity contribution in [2.24, 2.45) is 0 Å². The van der Waals surface area contributed by atoms with Crippen LogP contribution in [0.4, 0.5) is 17.1 Å². The lowest BCUT2D eigenvalue weighted by molar-refractivity contribution is -0.384. The average Bonchev–Trinajstić information content (AvgIpc) is 3.24. The van der Waals surface area contributed by atoms with Crippen molar-refractivity contribution < 1.29 is 14.4 Å². The van der Waals surface area contributed by atoms with Crippen LogP contribution >= 0.6 is 0 Å². The van der Waals surface area contributed by atoms with E-state index in [2.05, 4.69) is 9.80 Å². The molecule has 0 amide bonds. The van der Waals surface area contributed by atoms with Crippen LogP contribution in [-0.4, -0.2) is 32.2 Å². The minimum atomic E-state index is -0.353. The second kappa shape index (κ2) is 8.32. The van der Waals surface area contributed by atoms with Gasteiger partial charge in [-0.2, -0.15) is 0 Å². The molecule has 4 rings (SSSR count). The lowest BCUT2D eigenvalue weighted by Gasteiger charge is -2.33. The maximum atomic E-state index is 11.4. The van der Waals surface area contributed by atoms with E-state index < -0.39 is 0 Å². The van der Waals surface area contributed by atoms with Crippen molar-refractivity contribution in [2.45, 2.75) is 6.17 Å². The monoisotopic (exact) mass is 405 g/mol. The third kappa shape index (κ3) is 3.74. The smallest absolute Gasteiger partial charge is 0.269 e. The number of ether oxygens (including phenoxy) is 2. The highest BCUT2D eigenvalue weighted by molar-refractivity contribution is 5.61. The molecule has 7 nitrogen and oxygen atoms in total. The Kier molecular flexibility index (Phi) is 5.43. The van der Waals surface area contributed by atoms with Gasteiger partial charge in [-0.05, 0) is 48.5 Å². The predicted octanol–water partition coefficient (Wildman–Crippen LogP) is 4.64. The summed E-state index contributed by atoms with van der Waals surface area (Å²) in [6, 6.07) is 22.6. The third-order valence-corrected chi connectivity index (χ3v) is 5.36. The highest BCUT2D eigenvalue weighted by atomic mass is 16.6. The van der Waals surface area contributed by atoms with E-state index in [0.717, 1.165) is 41.5 Å². The fraction of sp³-hybridized carbons (Fsp3) is 0.217. The predicted molar refractivity (Wildman–Crippen MR) is 117 cm³/mol. The van der Waals surface area contributed by atoms with E-state index in [0.29, 0.717) is 0 Å². The molecule has 1 heterocycles. The number of hydrogen-bond donors (Lipinski definition) is 0. The summed E-state index contributed by atoms with van der Waals surface area (Å²) in [5.74, 6) is 1.58. The molecule has 3 aromatic carbocycles. The maximum absolute atomic E-state index is 11.4. The Morgan fingerprint density at radius 3 is 1.77 bits per heavy atom. The van der Waals surface area contributed by atoms with E-state index >= 15 is 0 Å². The molecule has 0 spiro atoms. The molecule has 0 unspecified atom stereocenters. The van der Waals surface area contributed by atoms with Crippen molar-refractivity contribution in [1.29, 1.82) is 0 Å². The molecular weight excluding hydrogens is 382 g/mol. The summed E-state index contributed by atoms with van der Waals surface area (Å²) in [6.07, 6.45) is -0.174. The largest absolute Gasteiger partial charge is 0.497 e. The molecule has 0 atom stereocenters. The summed E-state index contributed by atoms with van der Waals surface area (Å²) in [7, 11) is 3.28. The van der Waals surface area contributed by atoms with Gasteiger partial charge in [0.2, 0.25) is 0 Å². The number of nitro benzene ring substituents is 1. The van der Waals surface area contributed by atoms with Gasteiger partial charge in [-0.3, -0.25) is 10.1 Å². The molecule has 0 N–H and O–H groups in total. The van der Waals surface area contributed by atoms with Crippen molar-refractivity contribution in [3.8, 4) is 11.5 Å². The van der Waals surface area contributed by atoms with Gasteiger partial charge in [-0.25, -0.2) is 0 Å². The van der Waals surface area contributed by atoms with Gasteiger partial charge in [0.05, 0.1) is 19.1 Å². The number of benzene rings is 3. The summed E-state index contributed by atoms with van der Waals surface area (Å²) >= 11 is 0. The van der Waals surface area contributed by atoms with Gasteiger partial charge in [-0.15, -0.1) is 0 Å². The minimum Gasteiger partial charge on any atom is -0.497 e. The lowest BCUT2D eigenvalue weighted by atomic mass is 10.1. The fourth-order valence-electron chi connectivity index (χ4n) is 3.88. The molecule has 30 heavy (non-hydrogen) atoms. The van der Waals surface area contributed by atoms with Crippen LogP contribution in [-0.2, 0) is 0 Å². The second-order valence-corrected chi connectivity index (χ2v) is 7.01. The van der Waals surface area contributed by atoms with E-state index in [1.165, 1.54) is 6.07 Å². The number of non-ortho nitro benzene ring substituents is 1. The molecule has 1 fully saturated rings. The van der Waals surface area contributed by atoms with Crippen molar-refractivity contribution in [3.05, 3.63) is 88.5 Å². The Balaban J connectivity index is 1.76. The first kappa shape index (κ1) is 19.6. The summed E-state index contributed by atoms with van der Waals surface area (Å²) in [6.45, 7) is 1.57. The van der Waals surface area contributed by atoms with E-state index in [4.69, 9.17) is 9.47 Å². The number of nitro groups is 1. The van der Waals surface area contributed by atoms with Crippen molar-refractivity contribution >= 4 is 17.1 Å². The summed E-state index contributed by atoms with van der Waals surface area (Å²) < 4.78 is 10.6. The number of hydrogen-bond acceptors (Lipinski definition) is 6. The van der Waals surface area contributed by atoms with Gasteiger partial charge in [0.1, 0.15) is 17.7 Å². The number of anilines is 2. The van der Waals surface area contributed by atoms with Crippen LogP contribution < -0.4 is 19.3 Å². The molecule has 1 saturated heterocycles. The Morgan fingerprint density at radius 2 is 1.33 bits per heavy atom. The Labute approximate surface area is 175 Å². The van der Waals surface area contributed by atoms with Crippen LogP contribution in [0.3, 0.4) is 0 Å². The van der Waals surface area contributed by atoms with Crippen LogP contribution in [0.15, 0.2) is 72.8 Å². The fourth-order valence-corrected chi connectivity index (χ4v) is 3.88. The molecule has 0 saturated carbocycles. The topological polar surface area (TPSA) is 68.1 Å². The first-order valence-electron chi connectivity index (χ1n) is 9.66. The standard InChI is InChI=1S/C23H23N3O4/c1-29-21-10-6-18(7-11-21)24-14-15-25(19-8-12-22(30-2)13-9-19)23(24)17-4-3-5-20(16-17)26(27)28/h3-13,16,23H,14-15H2,1-2H3. The first-order valence-corrected chi connectivity index (χ1v) is 9.66. The van der Waals surface area contributed by atoms with Crippen LogP contribution in [0, 0.1) is 10.1 Å². The van der Waals surface area contributed by atoms with E-state index in [-0.39, 0.29) is 16.8 Å².